The Morgan fingerprint density at radius 3 is 2.20 bits per heavy atom. The molecule has 2 aromatic carbocycles. The number of hydrogen-bond donors (Lipinski definition) is 1. The average molecular weight is 396 g/mol. The number of halogens is 3. The fraction of sp³-hybridized carbons (Fsp3) is 0. The normalized spacial score (nSPS) is 16.4. The summed E-state index contributed by atoms with van der Waals surface area (Å²) in [5, 5.41) is 3.11. The van der Waals surface area contributed by atoms with Crippen molar-refractivity contribution in [1.29, 1.82) is 0 Å². The highest BCUT2D eigenvalue weighted by molar-refractivity contribution is 6.43. The van der Waals surface area contributed by atoms with Gasteiger partial charge in [0.1, 0.15) is 5.57 Å². The van der Waals surface area contributed by atoms with Gasteiger partial charge in [0.15, 0.2) is 0 Å². The average Bonchev–Trinajstić information content (AvgIpc) is 2.56. The summed E-state index contributed by atoms with van der Waals surface area (Å²) in [4.78, 5) is 37.7. The second-order valence-electron chi connectivity index (χ2n) is 5.11. The number of rotatable bonds is 2. The van der Waals surface area contributed by atoms with E-state index in [9.17, 15) is 14.4 Å². The van der Waals surface area contributed by atoms with Crippen LogP contribution in [-0.4, -0.2) is 17.8 Å². The molecule has 0 unspecified atom stereocenters. The third-order valence-electron chi connectivity index (χ3n) is 3.44. The molecule has 1 aliphatic rings. The number of anilines is 1. The molecule has 25 heavy (non-hydrogen) atoms. The van der Waals surface area contributed by atoms with Gasteiger partial charge < -0.3 is 0 Å². The van der Waals surface area contributed by atoms with Crippen molar-refractivity contribution < 1.29 is 14.4 Å². The molecule has 0 aliphatic carbocycles. The van der Waals surface area contributed by atoms with E-state index < -0.39 is 17.8 Å². The molecular formula is C17H9Cl3N2O3. The molecule has 8 heteroatoms. The third-order valence-corrected chi connectivity index (χ3v) is 4.44. The van der Waals surface area contributed by atoms with Gasteiger partial charge in [0.05, 0.1) is 15.7 Å². The standard InChI is InChI=1S/C17H9Cl3N2O3/c18-10-3-1-9(2-4-10)7-12-15(23)21-17(25)22(16(12)24)11-5-6-13(19)14(20)8-11/h1-8H,(H,21,23,25)/b12-7+. The lowest BCUT2D eigenvalue weighted by atomic mass is 10.1. The van der Waals surface area contributed by atoms with Gasteiger partial charge in [-0.25, -0.2) is 9.69 Å². The van der Waals surface area contributed by atoms with E-state index in [-0.39, 0.29) is 21.3 Å². The Kier molecular flexibility index (Phi) is 4.81. The second kappa shape index (κ2) is 6.88. The van der Waals surface area contributed by atoms with Gasteiger partial charge in [0, 0.05) is 5.02 Å². The molecule has 4 amide bonds. The molecule has 1 heterocycles. The largest absolute Gasteiger partial charge is 0.335 e. The first-order valence-electron chi connectivity index (χ1n) is 6.99. The minimum atomic E-state index is -0.860. The molecule has 2 aromatic rings. The topological polar surface area (TPSA) is 66.5 Å². The van der Waals surface area contributed by atoms with Crippen LogP contribution in [0.5, 0.6) is 0 Å². The number of imide groups is 2. The maximum atomic E-state index is 12.7. The van der Waals surface area contributed by atoms with Crippen molar-refractivity contribution in [3.8, 4) is 0 Å². The Balaban J connectivity index is 2.02. The summed E-state index contributed by atoms with van der Waals surface area (Å²) in [5.74, 6) is -1.54. The fourth-order valence-electron chi connectivity index (χ4n) is 2.24. The van der Waals surface area contributed by atoms with Crippen LogP contribution >= 0.6 is 34.8 Å². The van der Waals surface area contributed by atoms with Crippen molar-refractivity contribution >= 4 is 64.4 Å². The monoisotopic (exact) mass is 394 g/mol. The van der Waals surface area contributed by atoms with E-state index in [1.54, 1.807) is 24.3 Å². The summed E-state index contributed by atoms with van der Waals surface area (Å²) >= 11 is 17.6. The molecule has 126 valence electrons. The number of amides is 4. The summed E-state index contributed by atoms with van der Waals surface area (Å²) in [7, 11) is 0. The van der Waals surface area contributed by atoms with E-state index in [1.165, 1.54) is 24.3 Å². The highest BCUT2D eigenvalue weighted by atomic mass is 35.5. The van der Waals surface area contributed by atoms with Crippen molar-refractivity contribution in [2.45, 2.75) is 0 Å². The number of hydrogen-bond acceptors (Lipinski definition) is 3. The van der Waals surface area contributed by atoms with E-state index in [0.29, 0.717) is 10.6 Å². The van der Waals surface area contributed by atoms with Crippen molar-refractivity contribution in [2.24, 2.45) is 0 Å². The highest BCUT2D eigenvalue weighted by Gasteiger charge is 2.36. The summed E-state index contributed by atoms with van der Waals surface area (Å²) in [5.41, 5.74) is 0.603. The number of carbonyl (C=O) groups is 3. The first-order chi connectivity index (χ1) is 11.9. The summed E-state index contributed by atoms with van der Waals surface area (Å²) in [6.07, 6.45) is 1.38. The molecule has 0 radical (unpaired) electrons. The molecule has 5 nitrogen and oxygen atoms in total. The lowest BCUT2D eigenvalue weighted by Crippen LogP contribution is -2.54. The second-order valence-corrected chi connectivity index (χ2v) is 6.36. The highest BCUT2D eigenvalue weighted by Crippen LogP contribution is 2.29. The number of urea groups is 1. The van der Waals surface area contributed by atoms with Crippen molar-refractivity contribution in [1.82, 2.24) is 5.32 Å². The van der Waals surface area contributed by atoms with Gasteiger partial charge in [-0.1, -0.05) is 46.9 Å². The fourth-order valence-corrected chi connectivity index (χ4v) is 2.66. The van der Waals surface area contributed by atoms with Crippen LogP contribution < -0.4 is 10.2 Å². The Labute approximate surface area is 157 Å². The minimum absolute atomic E-state index is 0.180. The number of nitrogens with one attached hydrogen (secondary N) is 1. The molecule has 0 saturated carbocycles. The van der Waals surface area contributed by atoms with Crippen LogP contribution in [-0.2, 0) is 9.59 Å². The van der Waals surface area contributed by atoms with Crippen molar-refractivity contribution in [2.75, 3.05) is 4.90 Å². The predicted octanol–water partition coefficient (Wildman–Crippen LogP) is 4.31. The Bertz CT molecular complexity index is 923. The van der Waals surface area contributed by atoms with E-state index in [2.05, 4.69) is 5.32 Å². The Morgan fingerprint density at radius 1 is 0.880 bits per heavy atom. The van der Waals surface area contributed by atoms with Crippen LogP contribution in [0.2, 0.25) is 15.1 Å². The zero-order valence-electron chi connectivity index (χ0n) is 12.4. The maximum absolute atomic E-state index is 12.7. The molecule has 1 N–H and O–H groups in total. The number of benzene rings is 2. The molecule has 0 aromatic heterocycles. The van der Waals surface area contributed by atoms with E-state index in [4.69, 9.17) is 34.8 Å². The van der Waals surface area contributed by atoms with Crippen molar-refractivity contribution in [3.63, 3.8) is 0 Å². The molecule has 0 bridgehead atoms. The lowest BCUT2D eigenvalue weighted by molar-refractivity contribution is -0.122. The van der Waals surface area contributed by atoms with E-state index >= 15 is 0 Å². The van der Waals surface area contributed by atoms with Crippen LogP contribution in [0, 0.1) is 0 Å². The van der Waals surface area contributed by atoms with Gasteiger partial charge in [-0.15, -0.1) is 0 Å². The van der Waals surface area contributed by atoms with Crippen LogP contribution in [0.15, 0.2) is 48.0 Å². The Hall–Kier alpha value is -2.34. The van der Waals surface area contributed by atoms with E-state index in [1.807, 2.05) is 0 Å². The van der Waals surface area contributed by atoms with Gasteiger partial charge in [-0.2, -0.15) is 0 Å². The molecule has 0 atom stereocenters. The van der Waals surface area contributed by atoms with Crippen LogP contribution in [0.4, 0.5) is 10.5 Å². The summed E-state index contributed by atoms with van der Waals surface area (Å²) < 4.78 is 0. The van der Waals surface area contributed by atoms with E-state index in [0.717, 1.165) is 4.90 Å². The molecule has 1 fully saturated rings. The van der Waals surface area contributed by atoms with Crippen LogP contribution in [0.1, 0.15) is 5.56 Å². The molecule has 0 spiro atoms. The number of barbiturate groups is 1. The third kappa shape index (κ3) is 3.54. The van der Waals surface area contributed by atoms with Gasteiger partial charge in [-0.05, 0) is 42.0 Å². The zero-order valence-corrected chi connectivity index (χ0v) is 14.7. The first-order valence-corrected chi connectivity index (χ1v) is 8.12. The van der Waals surface area contributed by atoms with Crippen LogP contribution in [0.25, 0.3) is 6.08 Å². The van der Waals surface area contributed by atoms with Gasteiger partial charge in [-0.3, -0.25) is 14.9 Å². The molecule has 1 aliphatic heterocycles. The zero-order chi connectivity index (χ0) is 18.1. The lowest BCUT2D eigenvalue weighted by Gasteiger charge is -2.26. The summed E-state index contributed by atoms with van der Waals surface area (Å²) in [6, 6.07) is 9.98. The molecular weight excluding hydrogens is 387 g/mol. The van der Waals surface area contributed by atoms with Crippen LogP contribution in [0.3, 0.4) is 0 Å². The Morgan fingerprint density at radius 2 is 1.56 bits per heavy atom. The van der Waals surface area contributed by atoms with Gasteiger partial charge in [0.25, 0.3) is 11.8 Å². The van der Waals surface area contributed by atoms with Gasteiger partial charge in [0.2, 0.25) is 0 Å². The predicted molar refractivity (Wildman–Crippen MR) is 96.9 cm³/mol. The van der Waals surface area contributed by atoms with Crippen molar-refractivity contribution in [3.05, 3.63) is 68.7 Å². The smallest absolute Gasteiger partial charge is 0.273 e. The number of carbonyl (C=O) groups excluding carboxylic acids is 3. The maximum Gasteiger partial charge on any atom is 0.335 e. The summed E-state index contributed by atoms with van der Waals surface area (Å²) in [6.45, 7) is 0. The SMILES string of the molecule is O=C1NC(=O)N(c2ccc(Cl)c(Cl)c2)C(=O)/C1=C/c1ccc(Cl)cc1. The number of nitrogens with zero attached hydrogens (tertiary/aromatic N) is 1. The quantitative estimate of drug-likeness (QED) is 0.608. The minimum Gasteiger partial charge on any atom is -0.273 e. The first kappa shape index (κ1) is 17.5. The van der Waals surface area contributed by atoms with Gasteiger partial charge >= 0.3 is 6.03 Å². The molecule has 3 rings (SSSR count). The molecule has 1 saturated heterocycles.